The van der Waals surface area contributed by atoms with Gasteiger partial charge in [-0.25, -0.2) is 8.42 Å². The van der Waals surface area contributed by atoms with Crippen LogP contribution in [-0.4, -0.2) is 50.7 Å². The molecule has 2 amide bonds. The second kappa shape index (κ2) is 6.67. The Hall–Kier alpha value is -1.93. The largest absolute Gasteiger partial charge is 0.359 e. The molecule has 1 heterocycles. The predicted octanol–water partition coefficient (Wildman–Crippen LogP) is -0.134. The number of nitrogens with one attached hydrogen (secondary N) is 2. The molecule has 23 heavy (non-hydrogen) atoms. The Labute approximate surface area is 136 Å². The zero-order valence-electron chi connectivity index (χ0n) is 13.4. The Morgan fingerprint density at radius 2 is 1.96 bits per heavy atom. The Morgan fingerprint density at radius 3 is 2.52 bits per heavy atom. The van der Waals surface area contributed by atoms with E-state index in [1.807, 2.05) is 13.0 Å². The van der Waals surface area contributed by atoms with Crippen LogP contribution in [0.3, 0.4) is 0 Å². The van der Waals surface area contributed by atoms with Gasteiger partial charge in [0.1, 0.15) is 0 Å². The molecular weight excluding hydrogens is 318 g/mol. The summed E-state index contributed by atoms with van der Waals surface area (Å²) in [5.74, 6) is -1.19. The standard InChI is InChI=1S/C15H21N3O4S/c1-10-5-4-6-12(7-10)23(21,22)18-8-13(15(20)16-3)14(9-18)17-11(2)19/h4-7,13-14H,8-9H2,1-3H3,(H,16,20)(H,17,19)/t13-,14-/m0/s1. The maximum Gasteiger partial charge on any atom is 0.243 e. The van der Waals surface area contributed by atoms with Crippen LogP contribution in [0.15, 0.2) is 29.2 Å². The number of aryl methyl sites for hydroxylation is 1. The molecule has 2 rings (SSSR count). The van der Waals surface area contributed by atoms with E-state index in [4.69, 9.17) is 0 Å². The van der Waals surface area contributed by atoms with Crippen LogP contribution in [0.1, 0.15) is 12.5 Å². The van der Waals surface area contributed by atoms with Gasteiger partial charge in [0, 0.05) is 27.1 Å². The van der Waals surface area contributed by atoms with E-state index in [0.717, 1.165) is 5.56 Å². The SMILES string of the molecule is CNC(=O)[C@H]1CN(S(=O)(=O)c2cccc(C)c2)C[C@@H]1NC(C)=O. The molecule has 1 fully saturated rings. The minimum Gasteiger partial charge on any atom is -0.359 e. The number of rotatable bonds is 4. The van der Waals surface area contributed by atoms with Gasteiger partial charge in [-0.3, -0.25) is 9.59 Å². The molecule has 2 atom stereocenters. The fourth-order valence-electron chi connectivity index (χ4n) is 2.75. The normalized spacial score (nSPS) is 21.9. The average Bonchev–Trinajstić information content (AvgIpc) is 2.90. The summed E-state index contributed by atoms with van der Waals surface area (Å²) in [6.45, 7) is 3.28. The molecule has 8 heteroatoms. The van der Waals surface area contributed by atoms with E-state index in [0.29, 0.717) is 0 Å². The van der Waals surface area contributed by atoms with Crippen molar-refractivity contribution in [2.45, 2.75) is 24.8 Å². The summed E-state index contributed by atoms with van der Waals surface area (Å²) in [6.07, 6.45) is 0. The van der Waals surface area contributed by atoms with E-state index < -0.39 is 22.0 Å². The lowest BCUT2D eigenvalue weighted by Gasteiger charge is -2.17. The molecule has 1 aromatic rings. The molecule has 0 bridgehead atoms. The van der Waals surface area contributed by atoms with Crippen LogP contribution in [0.2, 0.25) is 0 Å². The van der Waals surface area contributed by atoms with Gasteiger partial charge in [-0.15, -0.1) is 0 Å². The summed E-state index contributed by atoms with van der Waals surface area (Å²) in [7, 11) is -2.21. The van der Waals surface area contributed by atoms with Gasteiger partial charge in [0.2, 0.25) is 21.8 Å². The van der Waals surface area contributed by atoms with Gasteiger partial charge in [0.05, 0.1) is 16.9 Å². The first-order valence-corrected chi connectivity index (χ1v) is 8.75. The summed E-state index contributed by atoms with van der Waals surface area (Å²) in [6, 6.07) is 6.09. The summed E-state index contributed by atoms with van der Waals surface area (Å²) in [5, 5.41) is 5.19. The van der Waals surface area contributed by atoms with Crippen LogP contribution >= 0.6 is 0 Å². The lowest BCUT2D eigenvalue weighted by atomic mass is 10.0. The third-order valence-electron chi connectivity index (χ3n) is 3.89. The van der Waals surface area contributed by atoms with Gasteiger partial charge in [-0.2, -0.15) is 4.31 Å². The molecule has 2 N–H and O–H groups in total. The van der Waals surface area contributed by atoms with Gasteiger partial charge in [0.15, 0.2) is 0 Å². The quantitative estimate of drug-likeness (QED) is 0.798. The minimum atomic E-state index is -3.70. The van der Waals surface area contributed by atoms with Gasteiger partial charge in [0.25, 0.3) is 0 Å². The lowest BCUT2D eigenvalue weighted by molar-refractivity contribution is -0.125. The monoisotopic (exact) mass is 339 g/mol. The molecule has 0 unspecified atom stereocenters. The first kappa shape index (κ1) is 17.4. The van der Waals surface area contributed by atoms with Crippen LogP contribution in [0.25, 0.3) is 0 Å². The molecule has 1 aromatic carbocycles. The van der Waals surface area contributed by atoms with Gasteiger partial charge >= 0.3 is 0 Å². The number of carbonyl (C=O) groups excluding carboxylic acids is 2. The van der Waals surface area contributed by atoms with Crippen molar-refractivity contribution in [1.29, 1.82) is 0 Å². The van der Waals surface area contributed by atoms with Crippen molar-refractivity contribution in [3.8, 4) is 0 Å². The molecule has 1 aliphatic heterocycles. The van der Waals surface area contributed by atoms with Crippen LogP contribution in [-0.2, 0) is 19.6 Å². The molecule has 1 saturated heterocycles. The third kappa shape index (κ3) is 3.70. The molecule has 0 aliphatic carbocycles. The number of sulfonamides is 1. The highest BCUT2D eigenvalue weighted by atomic mass is 32.2. The first-order valence-electron chi connectivity index (χ1n) is 7.31. The second-order valence-electron chi connectivity index (χ2n) is 5.67. The van der Waals surface area contributed by atoms with E-state index in [9.17, 15) is 18.0 Å². The molecule has 1 aliphatic rings. The Balaban J connectivity index is 2.30. The van der Waals surface area contributed by atoms with Crippen LogP contribution < -0.4 is 10.6 Å². The summed E-state index contributed by atoms with van der Waals surface area (Å²) < 4.78 is 26.8. The summed E-state index contributed by atoms with van der Waals surface area (Å²) in [5.41, 5.74) is 0.839. The molecule has 0 radical (unpaired) electrons. The van der Waals surface area contributed by atoms with Crippen molar-refractivity contribution in [1.82, 2.24) is 14.9 Å². The number of amides is 2. The number of carbonyl (C=O) groups is 2. The molecule has 0 saturated carbocycles. The number of hydrogen-bond donors (Lipinski definition) is 2. The highest BCUT2D eigenvalue weighted by Gasteiger charge is 2.42. The maximum atomic E-state index is 12.8. The van der Waals surface area contributed by atoms with Crippen LogP contribution in [0.4, 0.5) is 0 Å². The fourth-order valence-corrected chi connectivity index (χ4v) is 4.34. The van der Waals surface area contributed by atoms with Crippen molar-refractivity contribution in [2.75, 3.05) is 20.1 Å². The molecule has 7 nitrogen and oxygen atoms in total. The molecular formula is C15H21N3O4S. The summed E-state index contributed by atoms with van der Waals surface area (Å²) in [4.78, 5) is 23.5. The first-order chi connectivity index (χ1) is 10.8. The van der Waals surface area contributed by atoms with Crippen molar-refractivity contribution in [2.24, 2.45) is 5.92 Å². The predicted molar refractivity (Wildman–Crippen MR) is 85.1 cm³/mol. The number of nitrogens with zero attached hydrogens (tertiary/aromatic N) is 1. The molecule has 126 valence electrons. The topological polar surface area (TPSA) is 95.6 Å². The Morgan fingerprint density at radius 1 is 1.26 bits per heavy atom. The lowest BCUT2D eigenvalue weighted by Crippen LogP contribution is -2.44. The van der Waals surface area contributed by atoms with Crippen LogP contribution in [0, 0.1) is 12.8 Å². The second-order valence-corrected chi connectivity index (χ2v) is 7.60. The zero-order valence-corrected chi connectivity index (χ0v) is 14.2. The van der Waals surface area contributed by atoms with E-state index in [-0.39, 0.29) is 29.8 Å². The molecule has 0 spiro atoms. The highest BCUT2D eigenvalue weighted by molar-refractivity contribution is 7.89. The Bertz CT molecular complexity index is 717. The Kier molecular flexibility index (Phi) is 5.06. The van der Waals surface area contributed by atoms with Crippen molar-refractivity contribution < 1.29 is 18.0 Å². The van der Waals surface area contributed by atoms with Crippen molar-refractivity contribution >= 4 is 21.8 Å². The third-order valence-corrected chi connectivity index (χ3v) is 5.71. The average molecular weight is 339 g/mol. The maximum absolute atomic E-state index is 12.8. The zero-order chi connectivity index (χ0) is 17.2. The van der Waals surface area contributed by atoms with Crippen LogP contribution in [0.5, 0.6) is 0 Å². The van der Waals surface area contributed by atoms with Crippen molar-refractivity contribution in [3.05, 3.63) is 29.8 Å². The fraction of sp³-hybridized carbons (Fsp3) is 0.467. The minimum absolute atomic E-state index is 0.0426. The molecule has 0 aromatic heterocycles. The van der Waals surface area contributed by atoms with Gasteiger partial charge in [-0.1, -0.05) is 12.1 Å². The van der Waals surface area contributed by atoms with Gasteiger partial charge in [-0.05, 0) is 24.6 Å². The van der Waals surface area contributed by atoms with E-state index >= 15 is 0 Å². The number of hydrogen-bond acceptors (Lipinski definition) is 4. The van der Waals surface area contributed by atoms with E-state index in [1.165, 1.54) is 24.3 Å². The number of benzene rings is 1. The highest BCUT2D eigenvalue weighted by Crippen LogP contribution is 2.25. The smallest absolute Gasteiger partial charge is 0.243 e. The van der Waals surface area contributed by atoms with E-state index in [2.05, 4.69) is 10.6 Å². The summed E-state index contributed by atoms with van der Waals surface area (Å²) >= 11 is 0. The van der Waals surface area contributed by atoms with Crippen molar-refractivity contribution in [3.63, 3.8) is 0 Å². The van der Waals surface area contributed by atoms with E-state index in [1.54, 1.807) is 12.1 Å². The van der Waals surface area contributed by atoms with Gasteiger partial charge < -0.3 is 10.6 Å².